The Hall–Kier alpha value is -1.42. The lowest BCUT2D eigenvalue weighted by atomic mass is 10.1. The van der Waals surface area contributed by atoms with E-state index in [0.29, 0.717) is 10.6 Å². The van der Waals surface area contributed by atoms with Gasteiger partial charge in [-0.05, 0) is 30.7 Å². The van der Waals surface area contributed by atoms with Crippen LogP contribution in [0.1, 0.15) is 4.88 Å². The molecule has 0 aliphatic carbocycles. The molecule has 0 amide bonds. The Morgan fingerprint density at radius 1 is 1.13 bits per heavy atom. The fourth-order valence-corrected chi connectivity index (χ4v) is 2.23. The molecule has 0 radical (unpaired) electrons. The zero-order valence-electron chi connectivity index (χ0n) is 8.05. The molecular weight excluding hydrogens is 216 g/mol. The Morgan fingerprint density at radius 3 is 2.40 bits per heavy atom. The highest BCUT2D eigenvalue weighted by Crippen LogP contribution is 2.33. The molecule has 0 aliphatic heterocycles. The van der Waals surface area contributed by atoms with Crippen LogP contribution in [0.3, 0.4) is 0 Å². The van der Waals surface area contributed by atoms with Crippen molar-refractivity contribution in [2.45, 2.75) is 6.92 Å². The number of hydrogen-bond acceptors (Lipinski definition) is 2. The van der Waals surface area contributed by atoms with Crippen LogP contribution in [0.4, 0.5) is 13.8 Å². The Morgan fingerprint density at radius 2 is 1.87 bits per heavy atom. The number of benzene rings is 1. The Kier molecular flexibility index (Phi) is 2.44. The molecule has 2 N–H and O–H groups in total. The SMILES string of the molecule is Cc1cc(-c2ccc(F)c(F)c2)c(N)s1. The highest BCUT2D eigenvalue weighted by Gasteiger charge is 2.09. The second-order valence-corrected chi connectivity index (χ2v) is 4.55. The van der Waals surface area contributed by atoms with E-state index in [-0.39, 0.29) is 0 Å². The van der Waals surface area contributed by atoms with Crippen molar-refractivity contribution in [2.24, 2.45) is 0 Å². The summed E-state index contributed by atoms with van der Waals surface area (Å²) in [6.45, 7) is 1.92. The summed E-state index contributed by atoms with van der Waals surface area (Å²) in [6.07, 6.45) is 0. The topological polar surface area (TPSA) is 26.0 Å². The first-order chi connectivity index (χ1) is 7.08. The summed E-state index contributed by atoms with van der Waals surface area (Å²) in [5, 5.41) is 0.624. The van der Waals surface area contributed by atoms with Gasteiger partial charge in [0, 0.05) is 10.4 Å². The largest absolute Gasteiger partial charge is 0.390 e. The van der Waals surface area contributed by atoms with Gasteiger partial charge in [0.05, 0.1) is 5.00 Å². The summed E-state index contributed by atoms with van der Waals surface area (Å²) in [6, 6.07) is 5.66. The molecule has 0 fully saturated rings. The zero-order valence-corrected chi connectivity index (χ0v) is 8.87. The molecule has 1 heterocycles. The third-order valence-corrected chi connectivity index (χ3v) is 2.99. The first-order valence-electron chi connectivity index (χ1n) is 4.39. The molecule has 2 aromatic rings. The molecular formula is C11H9F2NS. The van der Waals surface area contributed by atoms with Gasteiger partial charge in [-0.25, -0.2) is 8.78 Å². The summed E-state index contributed by atoms with van der Waals surface area (Å²) < 4.78 is 25.7. The maximum atomic E-state index is 13.0. The average molecular weight is 225 g/mol. The van der Waals surface area contributed by atoms with Crippen molar-refractivity contribution in [1.29, 1.82) is 0 Å². The molecule has 0 unspecified atom stereocenters. The minimum atomic E-state index is -0.851. The molecule has 0 atom stereocenters. The summed E-state index contributed by atoms with van der Waals surface area (Å²) in [7, 11) is 0. The summed E-state index contributed by atoms with van der Waals surface area (Å²) >= 11 is 1.44. The van der Waals surface area contributed by atoms with E-state index in [1.807, 2.05) is 13.0 Å². The lowest BCUT2D eigenvalue weighted by Crippen LogP contribution is -1.87. The number of nitrogens with two attached hydrogens (primary N) is 1. The Bertz CT molecular complexity index is 505. The van der Waals surface area contributed by atoms with Gasteiger partial charge >= 0.3 is 0 Å². The lowest BCUT2D eigenvalue weighted by Gasteiger charge is -2.00. The van der Waals surface area contributed by atoms with Crippen LogP contribution in [0.15, 0.2) is 24.3 Å². The van der Waals surface area contributed by atoms with Gasteiger partial charge in [0.2, 0.25) is 0 Å². The van der Waals surface area contributed by atoms with Crippen molar-refractivity contribution in [3.05, 3.63) is 40.8 Å². The molecule has 2 rings (SSSR count). The predicted octanol–water partition coefficient (Wildman–Crippen LogP) is 3.58. The van der Waals surface area contributed by atoms with Gasteiger partial charge in [0.25, 0.3) is 0 Å². The lowest BCUT2D eigenvalue weighted by molar-refractivity contribution is 0.509. The van der Waals surface area contributed by atoms with Crippen LogP contribution in [0.2, 0.25) is 0 Å². The maximum absolute atomic E-state index is 13.0. The molecule has 0 saturated heterocycles. The van der Waals surface area contributed by atoms with E-state index in [1.54, 1.807) is 0 Å². The number of hydrogen-bond donors (Lipinski definition) is 1. The fourth-order valence-electron chi connectivity index (χ4n) is 1.42. The van der Waals surface area contributed by atoms with Crippen molar-refractivity contribution in [2.75, 3.05) is 5.73 Å². The minimum absolute atomic E-state index is 0.607. The number of halogens is 2. The van der Waals surface area contributed by atoms with Gasteiger partial charge in [-0.2, -0.15) is 0 Å². The quantitative estimate of drug-likeness (QED) is 0.788. The van der Waals surface area contributed by atoms with Crippen molar-refractivity contribution in [3.63, 3.8) is 0 Å². The van der Waals surface area contributed by atoms with Crippen molar-refractivity contribution < 1.29 is 8.78 Å². The minimum Gasteiger partial charge on any atom is -0.390 e. The zero-order chi connectivity index (χ0) is 11.0. The Labute approximate surface area is 90.2 Å². The number of rotatable bonds is 1. The predicted molar refractivity (Wildman–Crippen MR) is 58.8 cm³/mol. The number of thiophene rings is 1. The average Bonchev–Trinajstić information content (AvgIpc) is 2.50. The monoisotopic (exact) mass is 225 g/mol. The fraction of sp³-hybridized carbons (Fsp3) is 0.0909. The van der Waals surface area contributed by atoms with Gasteiger partial charge in [-0.3, -0.25) is 0 Å². The number of anilines is 1. The first-order valence-corrected chi connectivity index (χ1v) is 5.21. The molecule has 0 spiro atoms. The molecule has 4 heteroatoms. The number of nitrogen functional groups attached to an aromatic ring is 1. The second-order valence-electron chi connectivity index (χ2n) is 3.26. The van der Waals surface area contributed by atoms with Crippen LogP contribution in [-0.4, -0.2) is 0 Å². The molecule has 78 valence electrons. The van der Waals surface area contributed by atoms with Crippen LogP contribution in [0.25, 0.3) is 11.1 Å². The van der Waals surface area contributed by atoms with E-state index in [0.717, 1.165) is 22.6 Å². The van der Waals surface area contributed by atoms with Crippen molar-refractivity contribution >= 4 is 16.3 Å². The van der Waals surface area contributed by atoms with E-state index in [9.17, 15) is 8.78 Å². The summed E-state index contributed by atoms with van der Waals surface area (Å²) in [5.74, 6) is -1.69. The smallest absolute Gasteiger partial charge is 0.159 e. The van der Waals surface area contributed by atoms with Crippen molar-refractivity contribution in [3.8, 4) is 11.1 Å². The molecule has 1 aromatic heterocycles. The van der Waals surface area contributed by atoms with Gasteiger partial charge in [-0.1, -0.05) is 6.07 Å². The second kappa shape index (κ2) is 3.62. The molecule has 1 aromatic carbocycles. The number of aryl methyl sites for hydroxylation is 1. The van der Waals surface area contributed by atoms with Crippen LogP contribution in [0.5, 0.6) is 0 Å². The third kappa shape index (κ3) is 1.85. The van der Waals surface area contributed by atoms with E-state index < -0.39 is 11.6 Å². The van der Waals surface area contributed by atoms with Crippen LogP contribution in [0, 0.1) is 18.6 Å². The summed E-state index contributed by atoms with van der Waals surface area (Å²) in [4.78, 5) is 1.05. The third-order valence-electron chi connectivity index (χ3n) is 2.11. The standard InChI is InChI=1S/C11H9F2NS/c1-6-4-8(11(14)15-6)7-2-3-9(12)10(13)5-7/h2-5H,14H2,1H3. The van der Waals surface area contributed by atoms with E-state index in [1.165, 1.54) is 17.4 Å². The van der Waals surface area contributed by atoms with Crippen LogP contribution < -0.4 is 5.73 Å². The summed E-state index contributed by atoms with van der Waals surface area (Å²) in [5.41, 5.74) is 7.13. The van der Waals surface area contributed by atoms with Crippen LogP contribution in [-0.2, 0) is 0 Å². The Balaban J connectivity index is 2.54. The van der Waals surface area contributed by atoms with E-state index >= 15 is 0 Å². The van der Waals surface area contributed by atoms with Gasteiger partial charge < -0.3 is 5.73 Å². The van der Waals surface area contributed by atoms with Gasteiger partial charge in [0.15, 0.2) is 11.6 Å². The highest BCUT2D eigenvalue weighted by molar-refractivity contribution is 7.16. The first kappa shape index (κ1) is 10.1. The molecule has 0 aliphatic rings. The molecule has 0 bridgehead atoms. The van der Waals surface area contributed by atoms with Crippen molar-refractivity contribution in [1.82, 2.24) is 0 Å². The van der Waals surface area contributed by atoms with E-state index in [4.69, 9.17) is 5.73 Å². The van der Waals surface area contributed by atoms with Crippen LogP contribution >= 0.6 is 11.3 Å². The highest BCUT2D eigenvalue weighted by atomic mass is 32.1. The van der Waals surface area contributed by atoms with Gasteiger partial charge in [0.1, 0.15) is 0 Å². The van der Waals surface area contributed by atoms with Gasteiger partial charge in [-0.15, -0.1) is 11.3 Å². The normalized spacial score (nSPS) is 10.6. The maximum Gasteiger partial charge on any atom is 0.159 e. The molecule has 1 nitrogen and oxygen atoms in total. The van der Waals surface area contributed by atoms with E-state index in [2.05, 4.69) is 0 Å². The molecule has 15 heavy (non-hydrogen) atoms. The molecule has 0 saturated carbocycles.